The second-order valence-electron chi connectivity index (χ2n) is 2.75. The van der Waals surface area contributed by atoms with E-state index >= 15 is 0 Å². The lowest BCUT2D eigenvalue weighted by Gasteiger charge is -2.17. The molecule has 0 spiro atoms. The van der Waals surface area contributed by atoms with Gasteiger partial charge in [-0.1, -0.05) is 0 Å². The van der Waals surface area contributed by atoms with Crippen LogP contribution in [-0.4, -0.2) is 35.5 Å². The van der Waals surface area contributed by atoms with Crippen LogP contribution >= 0.6 is 11.8 Å². The van der Waals surface area contributed by atoms with Crippen molar-refractivity contribution in [3.8, 4) is 0 Å². The lowest BCUT2D eigenvalue weighted by atomic mass is 9.99. The zero-order valence-corrected chi connectivity index (χ0v) is 8.15. The van der Waals surface area contributed by atoms with Crippen LogP contribution in [0.15, 0.2) is 0 Å². The first kappa shape index (κ1) is 10.2. The van der Waals surface area contributed by atoms with Crippen LogP contribution in [0.1, 0.15) is 6.92 Å². The fraction of sp³-hybridized carbons (Fsp3) is 0.625. The molecule has 1 aliphatic heterocycles. The average Bonchev–Trinajstić information content (AvgIpc) is 2.04. The van der Waals surface area contributed by atoms with E-state index < -0.39 is 11.8 Å². The normalized spacial score (nSPS) is 18.8. The summed E-state index contributed by atoms with van der Waals surface area (Å²) < 4.78 is 0. The molecule has 0 aromatic carbocycles. The van der Waals surface area contributed by atoms with E-state index in [2.05, 4.69) is 5.32 Å². The summed E-state index contributed by atoms with van der Waals surface area (Å²) >= 11 is 1.27. The van der Waals surface area contributed by atoms with Crippen molar-refractivity contribution in [1.82, 2.24) is 5.32 Å². The van der Waals surface area contributed by atoms with Crippen LogP contribution in [0.2, 0.25) is 0 Å². The van der Waals surface area contributed by atoms with Gasteiger partial charge in [0.1, 0.15) is 0 Å². The van der Waals surface area contributed by atoms with Crippen LogP contribution in [0.25, 0.3) is 0 Å². The molecule has 0 atom stereocenters. The molecular formula is C8H11NO3S. The van der Waals surface area contributed by atoms with Gasteiger partial charge in [0.05, 0.1) is 11.5 Å². The summed E-state index contributed by atoms with van der Waals surface area (Å²) in [4.78, 5) is 33.7. The van der Waals surface area contributed by atoms with Crippen molar-refractivity contribution >= 4 is 29.2 Å². The number of nitrogens with one attached hydrogen (secondary N) is 1. The Bertz CT molecular complexity index is 236. The van der Waals surface area contributed by atoms with Gasteiger partial charge in [-0.2, -0.15) is 0 Å². The predicted octanol–water partition coefficient (Wildman–Crippen LogP) is -0.376. The van der Waals surface area contributed by atoms with Crippen LogP contribution in [0, 0.1) is 5.92 Å². The molecule has 0 bridgehead atoms. The van der Waals surface area contributed by atoms with Gasteiger partial charge >= 0.3 is 0 Å². The maximum absolute atomic E-state index is 11.3. The molecule has 1 amide bonds. The molecule has 0 aromatic heterocycles. The van der Waals surface area contributed by atoms with Gasteiger partial charge in [0.15, 0.2) is 17.5 Å². The molecule has 0 saturated carbocycles. The highest BCUT2D eigenvalue weighted by Crippen LogP contribution is 2.16. The summed E-state index contributed by atoms with van der Waals surface area (Å²) in [7, 11) is 0. The van der Waals surface area contributed by atoms with Crippen LogP contribution in [-0.2, 0) is 14.4 Å². The SMILES string of the molecule is CCNC(=O)C1C(=O)CSCC1=O. The molecule has 4 nitrogen and oxygen atoms in total. The summed E-state index contributed by atoms with van der Waals surface area (Å²) in [6, 6.07) is 0. The van der Waals surface area contributed by atoms with Gasteiger partial charge < -0.3 is 5.32 Å². The Morgan fingerprint density at radius 1 is 1.46 bits per heavy atom. The van der Waals surface area contributed by atoms with Crippen LogP contribution in [0.3, 0.4) is 0 Å². The molecule has 1 fully saturated rings. The van der Waals surface area contributed by atoms with Gasteiger partial charge in [-0.3, -0.25) is 14.4 Å². The standard InChI is InChI=1S/C8H11NO3S/c1-2-9-8(12)7-5(10)3-13-4-6(7)11/h7H,2-4H2,1H3,(H,9,12). The number of hydrogen-bond acceptors (Lipinski definition) is 4. The second-order valence-corrected chi connectivity index (χ2v) is 3.74. The van der Waals surface area contributed by atoms with E-state index in [-0.39, 0.29) is 23.1 Å². The molecule has 13 heavy (non-hydrogen) atoms. The highest BCUT2D eigenvalue weighted by Gasteiger charge is 2.35. The molecule has 1 heterocycles. The Morgan fingerprint density at radius 3 is 2.46 bits per heavy atom. The fourth-order valence-electron chi connectivity index (χ4n) is 1.17. The minimum absolute atomic E-state index is 0.271. The third-order valence-electron chi connectivity index (χ3n) is 1.75. The second kappa shape index (κ2) is 4.41. The first-order valence-corrected chi connectivity index (χ1v) is 5.23. The molecule has 0 aromatic rings. The highest BCUT2D eigenvalue weighted by atomic mass is 32.2. The lowest BCUT2D eigenvalue weighted by molar-refractivity contribution is -0.139. The first-order valence-electron chi connectivity index (χ1n) is 4.07. The molecule has 1 N–H and O–H groups in total. The van der Waals surface area contributed by atoms with Crippen molar-refractivity contribution in [2.75, 3.05) is 18.1 Å². The summed E-state index contributed by atoms with van der Waals surface area (Å²) in [5.41, 5.74) is 0. The summed E-state index contributed by atoms with van der Waals surface area (Å²) in [6.45, 7) is 2.20. The number of thioether (sulfide) groups is 1. The monoisotopic (exact) mass is 201 g/mol. The molecule has 5 heteroatoms. The number of hydrogen-bond donors (Lipinski definition) is 1. The molecular weight excluding hydrogens is 190 g/mol. The smallest absolute Gasteiger partial charge is 0.238 e. The topological polar surface area (TPSA) is 63.2 Å². The van der Waals surface area contributed by atoms with Crippen molar-refractivity contribution in [1.29, 1.82) is 0 Å². The quantitative estimate of drug-likeness (QED) is 0.619. The van der Waals surface area contributed by atoms with Crippen molar-refractivity contribution in [3.05, 3.63) is 0 Å². The van der Waals surface area contributed by atoms with Crippen molar-refractivity contribution in [2.45, 2.75) is 6.92 Å². The Balaban J connectivity index is 2.68. The van der Waals surface area contributed by atoms with Crippen LogP contribution in [0.5, 0.6) is 0 Å². The molecule has 1 saturated heterocycles. The van der Waals surface area contributed by atoms with E-state index in [1.54, 1.807) is 6.92 Å². The van der Waals surface area contributed by atoms with Crippen molar-refractivity contribution in [3.63, 3.8) is 0 Å². The number of Topliss-reactive ketones (excluding diaryl/α,β-unsaturated/α-hetero) is 2. The van der Waals surface area contributed by atoms with E-state index in [4.69, 9.17) is 0 Å². The molecule has 0 unspecified atom stereocenters. The number of carbonyl (C=O) groups excluding carboxylic acids is 3. The summed E-state index contributed by atoms with van der Waals surface area (Å²) in [5, 5.41) is 2.49. The number of rotatable bonds is 2. The molecule has 0 aliphatic carbocycles. The fourth-order valence-corrected chi connectivity index (χ4v) is 2.00. The largest absolute Gasteiger partial charge is 0.355 e. The van der Waals surface area contributed by atoms with Gasteiger partial charge in [0.25, 0.3) is 0 Å². The summed E-state index contributed by atoms with van der Waals surface area (Å²) in [5.74, 6) is -1.49. The molecule has 0 radical (unpaired) electrons. The average molecular weight is 201 g/mol. The van der Waals surface area contributed by atoms with E-state index in [1.807, 2.05) is 0 Å². The molecule has 1 aliphatic rings. The third-order valence-corrected chi connectivity index (χ3v) is 2.72. The van der Waals surface area contributed by atoms with Crippen LogP contribution in [0.4, 0.5) is 0 Å². The minimum Gasteiger partial charge on any atom is -0.355 e. The predicted molar refractivity (Wildman–Crippen MR) is 49.5 cm³/mol. The Hall–Kier alpha value is -0.840. The maximum atomic E-state index is 11.3. The lowest BCUT2D eigenvalue weighted by Crippen LogP contribution is -2.44. The van der Waals surface area contributed by atoms with Gasteiger partial charge in [0.2, 0.25) is 5.91 Å². The van der Waals surface area contributed by atoms with Gasteiger partial charge in [-0.25, -0.2) is 0 Å². The zero-order chi connectivity index (χ0) is 9.84. The van der Waals surface area contributed by atoms with E-state index in [9.17, 15) is 14.4 Å². The zero-order valence-electron chi connectivity index (χ0n) is 7.33. The van der Waals surface area contributed by atoms with Gasteiger partial charge in [0, 0.05) is 6.54 Å². The van der Waals surface area contributed by atoms with Crippen molar-refractivity contribution < 1.29 is 14.4 Å². The third kappa shape index (κ3) is 2.30. The highest BCUT2D eigenvalue weighted by molar-refractivity contribution is 8.00. The summed E-state index contributed by atoms with van der Waals surface area (Å²) in [6.07, 6.45) is 0. The molecule has 72 valence electrons. The van der Waals surface area contributed by atoms with Gasteiger partial charge in [-0.05, 0) is 6.92 Å². The van der Waals surface area contributed by atoms with E-state index in [1.165, 1.54) is 11.8 Å². The van der Waals surface area contributed by atoms with Crippen molar-refractivity contribution in [2.24, 2.45) is 5.92 Å². The number of carbonyl (C=O) groups is 3. The maximum Gasteiger partial charge on any atom is 0.238 e. The minimum atomic E-state index is -1.04. The Labute approximate surface area is 80.4 Å². The Morgan fingerprint density at radius 2 is 2.00 bits per heavy atom. The first-order chi connectivity index (χ1) is 6.16. The number of ketones is 2. The Kier molecular flexibility index (Phi) is 3.48. The van der Waals surface area contributed by atoms with E-state index in [0.717, 1.165) is 0 Å². The van der Waals surface area contributed by atoms with E-state index in [0.29, 0.717) is 6.54 Å². The molecule has 1 rings (SSSR count). The number of amides is 1. The van der Waals surface area contributed by atoms with Gasteiger partial charge in [-0.15, -0.1) is 11.8 Å². The van der Waals surface area contributed by atoms with Crippen LogP contribution < -0.4 is 5.32 Å².